The van der Waals surface area contributed by atoms with Gasteiger partial charge in [-0.05, 0) is 32.0 Å². The Kier molecular flexibility index (Phi) is 3.23. The van der Waals surface area contributed by atoms with E-state index in [2.05, 4.69) is 5.32 Å². The molecule has 0 aliphatic rings. The summed E-state index contributed by atoms with van der Waals surface area (Å²) in [5, 5.41) is 3.07. The summed E-state index contributed by atoms with van der Waals surface area (Å²) >= 11 is 0. The molecular formula is C10H14FN. The van der Waals surface area contributed by atoms with Gasteiger partial charge in [0.25, 0.3) is 0 Å². The van der Waals surface area contributed by atoms with Crippen LogP contribution < -0.4 is 5.32 Å². The summed E-state index contributed by atoms with van der Waals surface area (Å²) < 4.78 is 13.1. The lowest BCUT2D eigenvalue weighted by molar-refractivity contribution is 0.564. The summed E-state index contributed by atoms with van der Waals surface area (Å²) in [5.41, 5.74) is 0.777. The van der Waals surface area contributed by atoms with E-state index in [1.807, 2.05) is 26.1 Å². The maximum atomic E-state index is 13.1. The predicted molar refractivity (Wildman–Crippen MR) is 48.6 cm³/mol. The second kappa shape index (κ2) is 4.21. The molecule has 12 heavy (non-hydrogen) atoms. The molecule has 1 rings (SSSR count). The van der Waals surface area contributed by atoms with Gasteiger partial charge >= 0.3 is 0 Å². The van der Waals surface area contributed by atoms with E-state index in [-0.39, 0.29) is 5.82 Å². The molecular weight excluding hydrogens is 153 g/mol. The van der Waals surface area contributed by atoms with Crippen molar-refractivity contribution < 1.29 is 4.39 Å². The van der Waals surface area contributed by atoms with Crippen molar-refractivity contribution >= 4 is 0 Å². The summed E-state index contributed by atoms with van der Waals surface area (Å²) in [6.07, 6.45) is 0.739. The van der Waals surface area contributed by atoms with Gasteiger partial charge in [-0.2, -0.15) is 0 Å². The SMILES string of the molecule is CN[C@H](C)Cc1ccccc1F. The fourth-order valence-corrected chi connectivity index (χ4v) is 1.10. The quantitative estimate of drug-likeness (QED) is 0.725. The molecule has 0 saturated carbocycles. The first-order chi connectivity index (χ1) is 5.74. The summed E-state index contributed by atoms with van der Waals surface area (Å²) in [5.74, 6) is -0.111. The topological polar surface area (TPSA) is 12.0 Å². The molecule has 0 aliphatic carbocycles. The van der Waals surface area contributed by atoms with Crippen LogP contribution in [0.1, 0.15) is 12.5 Å². The first kappa shape index (κ1) is 9.20. The fraction of sp³-hybridized carbons (Fsp3) is 0.400. The third-order valence-corrected chi connectivity index (χ3v) is 1.98. The molecule has 1 aromatic rings. The minimum Gasteiger partial charge on any atom is -0.317 e. The van der Waals surface area contributed by atoms with Gasteiger partial charge in [-0.3, -0.25) is 0 Å². The van der Waals surface area contributed by atoms with E-state index in [0.717, 1.165) is 12.0 Å². The van der Waals surface area contributed by atoms with Gasteiger partial charge in [-0.15, -0.1) is 0 Å². The van der Waals surface area contributed by atoms with Crippen molar-refractivity contribution in [1.29, 1.82) is 0 Å². The average molecular weight is 167 g/mol. The zero-order valence-electron chi connectivity index (χ0n) is 7.47. The Morgan fingerprint density at radius 3 is 2.67 bits per heavy atom. The maximum Gasteiger partial charge on any atom is 0.126 e. The minimum absolute atomic E-state index is 0.111. The van der Waals surface area contributed by atoms with E-state index in [4.69, 9.17) is 0 Å². The zero-order chi connectivity index (χ0) is 8.97. The molecule has 0 amide bonds. The normalized spacial score (nSPS) is 12.9. The number of benzene rings is 1. The Hall–Kier alpha value is -0.890. The Bertz CT molecular complexity index is 247. The van der Waals surface area contributed by atoms with E-state index in [1.54, 1.807) is 6.07 Å². The standard InChI is InChI=1S/C10H14FN/c1-8(12-2)7-9-5-3-4-6-10(9)11/h3-6,8,12H,7H2,1-2H3/t8-/m1/s1. The Balaban J connectivity index is 2.69. The zero-order valence-corrected chi connectivity index (χ0v) is 7.47. The molecule has 0 aliphatic heterocycles. The van der Waals surface area contributed by atoms with Crippen LogP contribution >= 0.6 is 0 Å². The highest BCUT2D eigenvalue weighted by atomic mass is 19.1. The van der Waals surface area contributed by atoms with Crippen LogP contribution in [0.5, 0.6) is 0 Å². The van der Waals surface area contributed by atoms with Crippen LogP contribution in [0.2, 0.25) is 0 Å². The van der Waals surface area contributed by atoms with Gasteiger partial charge in [-0.25, -0.2) is 4.39 Å². The van der Waals surface area contributed by atoms with E-state index >= 15 is 0 Å². The predicted octanol–water partition coefficient (Wildman–Crippen LogP) is 1.98. The third-order valence-electron chi connectivity index (χ3n) is 1.98. The average Bonchev–Trinajstić information content (AvgIpc) is 2.09. The van der Waals surface area contributed by atoms with Crippen molar-refractivity contribution in [2.75, 3.05) is 7.05 Å². The highest BCUT2D eigenvalue weighted by Crippen LogP contribution is 2.08. The molecule has 0 fully saturated rings. The van der Waals surface area contributed by atoms with Gasteiger partial charge in [0.05, 0.1) is 0 Å². The van der Waals surface area contributed by atoms with E-state index in [9.17, 15) is 4.39 Å². The second-order valence-corrected chi connectivity index (χ2v) is 2.99. The molecule has 0 aromatic heterocycles. The monoisotopic (exact) mass is 167 g/mol. The van der Waals surface area contributed by atoms with Gasteiger partial charge in [0, 0.05) is 6.04 Å². The summed E-state index contributed by atoms with van der Waals surface area (Å²) in [6, 6.07) is 7.21. The van der Waals surface area contributed by atoms with Crippen LogP contribution in [0.15, 0.2) is 24.3 Å². The van der Waals surface area contributed by atoms with Gasteiger partial charge in [0.1, 0.15) is 5.82 Å². The smallest absolute Gasteiger partial charge is 0.126 e. The van der Waals surface area contributed by atoms with Crippen LogP contribution in [-0.2, 0) is 6.42 Å². The molecule has 1 N–H and O–H groups in total. The highest BCUT2D eigenvalue weighted by Gasteiger charge is 2.04. The lowest BCUT2D eigenvalue weighted by Gasteiger charge is -2.09. The molecule has 1 atom stereocenters. The number of rotatable bonds is 3. The molecule has 0 radical (unpaired) electrons. The largest absolute Gasteiger partial charge is 0.317 e. The third kappa shape index (κ3) is 2.31. The molecule has 0 bridgehead atoms. The Labute approximate surface area is 72.6 Å². The van der Waals surface area contributed by atoms with Crippen molar-refractivity contribution in [2.24, 2.45) is 0 Å². The maximum absolute atomic E-state index is 13.1. The molecule has 66 valence electrons. The molecule has 1 nitrogen and oxygen atoms in total. The van der Waals surface area contributed by atoms with Gasteiger partial charge in [0.15, 0.2) is 0 Å². The summed E-state index contributed by atoms with van der Waals surface area (Å²) in [6.45, 7) is 2.03. The first-order valence-electron chi connectivity index (χ1n) is 4.14. The molecule has 2 heteroatoms. The lowest BCUT2D eigenvalue weighted by Crippen LogP contribution is -2.23. The van der Waals surface area contributed by atoms with Crippen LogP contribution in [0, 0.1) is 5.82 Å². The highest BCUT2D eigenvalue weighted by molar-refractivity contribution is 5.18. The van der Waals surface area contributed by atoms with Crippen LogP contribution in [0.25, 0.3) is 0 Å². The van der Waals surface area contributed by atoms with Gasteiger partial charge in [-0.1, -0.05) is 18.2 Å². The van der Waals surface area contributed by atoms with Crippen molar-refractivity contribution in [3.63, 3.8) is 0 Å². The molecule has 1 aromatic carbocycles. The summed E-state index contributed by atoms with van der Waals surface area (Å²) in [4.78, 5) is 0. The van der Waals surface area contributed by atoms with Crippen molar-refractivity contribution in [3.05, 3.63) is 35.6 Å². The number of hydrogen-bond donors (Lipinski definition) is 1. The van der Waals surface area contributed by atoms with Crippen molar-refractivity contribution in [3.8, 4) is 0 Å². The Morgan fingerprint density at radius 1 is 1.42 bits per heavy atom. The molecule has 0 spiro atoms. The van der Waals surface area contributed by atoms with E-state index in [0.29, 0.717) is 6.04 Å². The number of halogens is 1. The van der Waals surface area contributed by atoms with E-state index < -0.39 is 0 Å². The fourth-order valence-electron chi connectivity index (χ4n) is 1.10. The minimum atomic E-state index is -0.111. The van der Waals surface area contributed by atoms with Crippen LogP contribution in [-0.4, -0.2) is 13.1 Å². The Morgan fingerprint density at radius 2 is 2.08 bits per heavy atom. The lowest BCUT2D eigenvalue weighted by atomic mass is 10.1. The van der Waals surface area contributed by atoms with Gasteiger partial charge in [0.2, 0.25) is 0 Å². The van der Waals surface area contributed by atoms with Crippen molar-refractivity contribution in [1.82, 2.24) is 5.32 Å². The van der Waals surface area contributed by atoms with E-state index in [1.165, 1.54) is 6.07 Å². The molecule has 0 saturated heterocycles. The number of likely N-dealkylation sites (N-methyl/N-ethyl adjacent to an activating group) is 1. The van der Waals surface area contributed by atoms with Gasteiger partial charge < -0.3 is 5.32 Å². The van der Waals surface area contributed by atoms with Crippen LogP contribution in [0.3, 0.4) is 0 Å². The second-order valence-electron chi connectivity index (χ2n) is 2.99. The van der Waals surface area contributed by atoms with Crippen LogP contribution in [0.4, 0.5) is 4.39 Å². The molecule has 0 unspecified atom stereocenters. The number of hydrogen-bond acceptors (Lipinski definition) is 1. The van der Waals surface area contributed by atoms with Crippen molar-refractivity contribution in [2.45, 2.75) is 19.4 Å². The number of nitrogens with one attached hydrogen (secondary N) is 1. The molecule has 0 heterocycles. The summed E-state index contributed by atoms with van der Waals surface area (Å²) in [7, 11) is 1.88. The first-order valence-corrected chi connectivity index (χ1v) is 4.14.